The summed E-state index contributed by atoms with van der Waals surface area (Å²) in [5, 5.41) is 58.2. The second-order valence-corrected chi connectivity index (χ2v) is 40.0. The molecule has 0 spiro atoms. The fourth-order valence-electron chi connectivity index (χ4n) is 13.8. The first kappa shape index (κ1) is 109. The number of amides is 8. The summed E-state index contributed by atoms with van der Waals surface area (Å²) in [6.07, 6.45) is 5.07. The van der Waals surface area contributed by atoms with E-state index in [4.69, 9.17) is 9.47 Å². The molecule has 4 aromatic carbocycles. The molecule has 0 bridgehead atoms. The molecule has 4 aromatic rings. The topological polar surface area (TPSA) is 454 Å². The number of carboxylic acids is 4. The zero-order valence-corrected chi connectivity index (χ0v) is 79.7. The Labute approximate surface area is 767 Å². The van der Waals surface area contributed by atoms with Gasteiger partial charge in [-0.25, -0.2) is 19.2 Å². The number of aliphatic carboxylic acids is 4. The molecule has 704 valence electrons. The molecule has 9 N–H and O–H groups in total. The molecule has 4 aliphatic rings. The zero-order valence-electron chi connectivity index (χ0n) is 76.5. The Morgan fingerprint density at radius 3 is 0.797 bits per heavy atom. The number of ether oxygens (including phenoxy) is 2. The van der Waals surface area contributed by atoms with Crippen molar-refractivity contribution in [1.82, 2.24) is 40.9 Å². The van der Waals surface area contributed by atoms with Crippen LogP contribution in [-0.4, -0.2) is 248 Å². The van der Waals surface area contributed by atoms with Crippen LogP contribution in [0.25, 0.3) is 0 Å². The van der Waals surface area contributed by atoms with Crippen LogP contribution in [0.1, 0.15) is 177 Å². The predicted molar refractivity (Wildman–Crippen MR) is 492 cm³/mol. The minimum Gasteiger partial charge on any atom is -0.508 e. The van der Waals surface area contributed by atoms with Gasteiger partial charge in [-0.2, -0.15) is 0 Å². The van der Waals surface area contributed by atoms with Gasteiger partial charge in [-0.3, -0.25) is 57.5 Å². The number of rotatable bonds is 35. The van der Waals surface area contributed by atoms with Crippen LogP contribution < -0.4 is 30.7 Å². The van der Waals surface area contributed by atoms with Crippen molar-refractivity contribution < 1.29 is 112 Å². The maximum atomic E-state index is 13.0. The molecule has 0 unspecified atom stereocenters. The Kier molecular flexibility index (Phi) is 43.6. The third-order valence-corrected chi connectivity index (χ3v) is 27.6. The number of aromatic hydroxyl groups is 1. The molecule has 12 atom stereocenters. The molecule has 35 heteroatoms. The lowest BCUT2D eigenvalue weighted by atomic mass is 9.99. The number of methoxy groups -OCH3 is 2. The lowest BCUT2D eigenvalue weighted by Crippen LogP contribution is -2.52. The van der Waals surface area contributed by atoms with Crippen LogP contribution in [0.15, 0.2) is 103 Å². The first-order valence-electron chi connectivity index (χ1n) is 43.1. The van der Waals surface area contributed by atoms with Crippen LogP contribution in [0.3, 0.4) is 0 Å². The van der Waals surface area contributed by atoms with E-state index < -0.39 is 136 Å². The number of phenols is 1. The van der Waals surface area contributed by atoms with Crippen LogP contribution in [0.4, 0.5) is 0 Å². The van der Waals surface area contributed by atoms with Gasteiger partial charge in [0.25, 0.3) is 0 Å². The van der Waals surface area contributed by atoms with Gasteiger partial charge in [0, 0.05) is 121 Å². The molecule has 0 aliphatic carbocycles. The van der Waals surface area contributed by atoms with Gasteiger partial charge in [0.1, 0.15) is 65.6 Å². The molecule has 0 radical (unpaired) electrons. The van der Waals surface area contributed by atoms with E-state index >= 15 is 0 Å². The smallest absolute Gasteiger partial charge is 0.326 e. The van der Waals surface area contributed by atoms with Crippen molar-refractivity contribution in [3.05, 3.63) is 125 Å². The highest BCUT2D eigenvalue weighted by molar-refractivity contribution is 8.14. The Bertz CT molecular complexity index is 4460. The van der Waals surface area contributed by atoms with E-state index in [1.807, 2.05) is 106 Å². The number of hydrogen-bond acceptors (Lipinski definition) is 23. The first-order valence-corrected chi connectivity index (χ1v) is 47.0. The number of thioether (sulfide) groups is 4. The number of carbonyl (C=O) groups is 16. The minimum atomic E-state index is -1.17. The lowest BCUT2D eigenvalue weighted by Gasteiger charge is -2.28. The molecule has 128 heavy (non-hydrogen) atoms. The van der Waals surface area contributed by atoms with E-state index in [1.54, 1.807) is 103 Å². The zero-order chi connectivity index (χ0) is 95.8. The van der Waals surface area contributed by atoms with Gasteiger partial charge in [0.05, 0.1) is 14.2 Å². The second kappa shape index (κ2) is 51.4. The predicted octanol–water partition coefficient (Wildman–Crippen LogP) is 10.3. The summed E-state index contributed by atoms with van der Waals surface area (Å²) in [7, 11) is 3.09. The molecular formula is C93H130N8O23S4. The molecule has 8 rings (SSSR count). The number of nitrogens with zero attached hydrogens (tertiary/aromatic N) is 4. The van der Waals surface area contributed by atoms with Crippen molar-refractivity contribution in [2.45, 2.75) is 229 Å². The second-order valence-electron chi connectivity index (χ2n) is 36.0. The molecule has 0 aromatic heterocycles. The molecule has 4 fully saturated rings. The van der Waals surface area contributed by atoms with Crippen molar-refractivity contribution in [2.24, 2.45) is 45.8 Å². The highest BCUT2D eigenvalue weighted by atomic mass is 32.2. The summed E-state index contributed by atoms with van der Waals surface area (Å²) < 4.78 is 10.2. The molecular weight excluding hydrogens is 1730 g/mol. The van der Waals surface area contributed by atoms with E-state index in [0.717, 1.165) is 63.7 Å². The molecule has 31 nitrogen and oxygen atoms in total. The number of nitrogens with one attached hydrogen (secondary N) is 4. The molecule has 4 aliphatic heterocycles. The number of hydrogen-bond donors (Lipinski definition) is 9. The standard InChI is InChI=1S/C24H34N2O6S.2C23H32N2O6S.C23H32N2O5S/c1-15(14-33-23(31)24(2,3)4)21(28)26-12-6-7-19(26)20(27)25-18(22(29)30)13-16-8-10-17(32-5)11-9-16;1-14(13-32-22(31)23(2,3)4)20(28)25-11-5-6-18(25)19(27)24-17(21(29)30)12-15-7-9-16(26)10-8-15;1-14(2)23(30)32-13-15(3)21(27)25-11-5-6-19(25)20(26)24-18(22(28)29)12-16-7-9-17(31-4)10-8-16;1-15(14-31-22(30)23(2,3)4)20(27)25-12-8-11-18(25)19(26)24-17(21(28)29)13-16-9-6-5-7-10-16/h8-11,15,18-19H,6-7,12-14H2,1-5H3,(H,25,27)(H,29,30);7-10,14,17-18,26H,5-6,11-13H2,1-4H3,(H,24,27)(H,29,30);7-10,14-15,18-19H,5-6,11-13H2,1-4H3,(H,24,26)(H,28,29);5-7,9-10,15,17-18H,8,11-14H2,1-4H3,(H,24,26)(H,28,29)/t15-,18+,19+;14-,17+,18+;15-,18+,19+;15-,17+,18+/m1111/s1. The number of carboxylic acid groups (broad SMARTS) is 4. The van der Waals surface area contributed by atoms with Gasteiger partial charge < -0.3 is 75.9 Å². The molecule has 4 heterocycles. The average molecular weight is 1860 g/mol. The van der Waals surface area contributed by atoms with Crippen LogP contribution in [0, 0.1) is 45.8 Å². The highest BCUT2D eigenvalue weighted by Gasteiger charge is 2.43. The highest BCUT2D eigenvalue weighted by Crippen LogP contribution is 2.32. The van der Waals surface area contributed by atoms with Crippen LogP contribution >= 0.6 is 47.0 Å². The Morgan fingerprint density at radius 1 is 0.352 bits per heavy atom. The van der Waals surface area contributed by atoms with Gasteiger partial charge in [0.15, 0.2) is 20.5 Å². The Balaban J connectivity index is 0.000000303. The summed E-state index contributed by atoms with van der Waals surface area (Å²) in [6.45, 7) is 28.9. The monoisotopic (exact) mass is 1850 g/mol. The summed E-state index contributed by atoms with van der Waals surface area (Å²) in [6, 6.07) is 21.9. The van der Waals surface area contributed by atoms with Gasteiger partial charge in [0.2, 0.25) is 47.3 Å². The van der Waals surface area contributed by atoms with Crippen molar-refractivity contribution >= 4 is 139 Å². The van der Waals surface area contributed by atoms with E-state index in [9.17, 15) is 102 Å². The summed E-state index contributed by atoms with van der Waals surface area (Å²) >= 11 is 4.53. The normalized spacial score (nSPS) is 18.0. The van der Waals surface area contributed by atoms with E-state index in [2.05, 4.69) is 21.3 Å². The van der Waals surface area contributed by atoms with Crippen molar-refractivity contribution in [3.63, 3.8) is 0 Å². The summed E-state index contributed by atoms with van der Waals surface area (Å²) in [4.78, 5) is 205. The number of benzene rings is 4. The van der Waals surface area contributed by atoms with Gasteiger partial charge in [-0.15, -0.1) is 0 Å². The van der Waals surface area contributed by atoms with Crippen molar-refractivity contribution in [2.75, 3.05) is 63.4 Å². The van der Waals surface area contributed by atoms with E-state index in [-0.39, 0.29) is 81.4 Å². The largest absolute Gasteiger partial charge is 0.508 e. The molecule has 0 saturated carbocycles. The first-order chi connectivity index (χ1) is 60.0. The van der Waals surface area contributed by atoms with E-state index in [0.29, 0.717) is 118 Å². The van der Waals surface area contributed by atoms with Crippen molar-refractivity contribution in [1.29, 1.82) is 0 Å². The third-order valence-electron chi connectivity index (χ3n) is 21.5. The third kappa shape index (κ3) is 34.8. The molecule has 4 saturated heterocycles. The van der Waals surface area contributed by atoms with E-state index in [1.165, 1.54) is 31.7 Å². The summed E-state index contributed by atoms with van der Waals surface area (Å²) in [5.74, 6) is -6.21. The van der Waals surface area contributed by atoms with Gasteiger partial charge in [-0.1, -0.05) is 218 Å². The van der Waals surface area contributed by atoms with Crippen LogP contribution in [0.5, 0.6) is 17.2 Å². The minimum absolute atomic E-state index is 0.00592. The quantitative estimate of drug-likeness (QED) is 0.0207. The van der Waals surface area contributed by atoms with Crippen LogP contribution in [-0.2, 0) is 102 Å². The van der Waals surface area contributed by atoms with Crippen LogP contribution in [0.2, 0.25) is 0 Å². The maximum Gasteiger partial charge on any atom is 0.326 e. The number of phenolic OH excluding ortho intramolecular Hbond substituents is 1. The fraction of sp³-hybridized carbons (Fsp3) is 0.570. The number of likely N-dealkylation sites (tertiary alicyclic amines) is 4. The maximum absolute atomic E-state index is 13.0. The Hall–Kier alpha value is -10.0. The van der Waals surface area contributed by atoms with Gasteiger partial charge >= 0.3 is 23.9 Å². The summed E-state index contributed by atoms with van der Waals surface area (Å²) in [5.41, 5.74) is 1.50. The average Bonchev–Trinajstić information content (AvgIpc) is 1.68. The fourth-order valence-corrected chi connectivity index (χ4v) is 17.7. The number of carbonyl (C=O) groups excluding carboxylic acids is 12. The molecule has 8 amide bonds. The van der Waals surface area contributed by atoms with Gasteiger partial charge in [-0.05, 0) is 110 Å². The lowest BCUT2D eigenvalue weighted by molar-refractivity contribution is -0.145. The van der Waals surface area contributed by atoms with Crippen molar-refractivity contribution in [3.8, 4) is 17.2 Å². The SMILES string of the molecule is COc1ccc(C[C@H](NC(=O)[C@@H]2CCCN2C(=O)[C@H](C)CSC(=O)C(C)(C)C)C(=O)O)cc1.COc1ccc(C[C@H](NC(=O)[C@@H]2CCCN2C(=O)[C@H](C)CSC(=O)C(C)C)C(=O)O)cc1.C[C@H](CSC(=O)C(C)(C)C)C(=O)N1CCC[C@H]1C(=O)N[C@@H](Cc1ccc(O)cc1)C(=O)O.C[C@H](CSC(=O)C(C)(C)C)C(=O)N1CCC[C@H]1C(=O)N[C@@H](Cc1ccccc1)C(=O)O. The Morgan fingerprint density at radius 2 is 0.578 bits per heavy atom.